The molecule has 2 N–H and O–H groups in total. The molecule has 3 rings (SSSR count). The fourth-order valence-electron chi connectivity index (χ4n) is 2.96. The number of hydrogen-bond donors (Lipinski definition) is 2. The van der Waals surface area contributed by atoms with E-state index in [2.05, 4.69) is 5.32 Å². The number of aromatic carboxylic acids is 1. The highest BCUT2D eigenvalue weighted by Crippen LogP contribution is 2.28. The van der Waals surface area contributed by atoms with E-state index in [4.69, 9.17) is 14.3 Å². The van der Waals surface area contributed by atoms with Crippen LogP contribution < -0.4 is 5.32 Å². The van der Waals surface area contributed by atoms with Gasteiger partial charge in [0.15, 0.2) is 0 Å². The summed E-state index contributed by atoms with van der Waals surface area (Å²) in [5.74, 6) is -0.414. The van der Waals surface area contributed by atoms with Crippen molar-refractivity contribution in [2.24, 2.45) is 0 Å². The molecule has 0 radical (unpaired) electrons. The minimum atomic E-state index is -1.02. The minimum absolute atomic E-state index is 0.105. The van der Waals surface area contributed by atoms with Crippen LogP contribution in [0.1, 0.15) is 46.2 Å². The maximum absolute atomic E-state index is 12.7. The standard InChI is InChI=1S/C19H21NO5S/c1-12-10-13(6-8-24-12)20-18(21)15-4-2-3-5-17(15)26-11-16-14(19(22)23)7-9-25-16/h2-5,7,9,12-13H,6,8,10-11H2,1H3,(H,20,21)(H,22,23). The second-order valence-electron chi connectivity index (χ2n) is 6.22. The van der Waals surface area contributed by atoms with E-state index >= 15 is 0 Å². The van der Waals surface area contributed by atoms with E-state index in [0.29, 0.717) is 23.7 Å². The Morgan fingerprint density at radius 1 is 1.27 bits per heavy atom. The fraction of sp³-hybridized carbons (Fsp3) is 0.368. The molecular formula is C19H21NO5S. The summed E-state index contributed by atoms with van der Waals surface area (Å²) in [5.41, 5.74) is 0.732. The SMILES string of the molecule is CC1CC(NC(=O)c2ccccc2SCc2occc2C(=O)O)CCO1. The quantitative estimate of drug-likeness (QED) is 0.751. The predicted octanol–water partition coefficient (Wildman–Crippen LogP) is 3.57. The second-order valence-corrected chi connectivity index (χ2v) is 7.24. The number of carbonyl (C=O) groups is 2. The van der Waals surface area contributed by atoms with Crippen molar-refractivity contribution in [1.29, 1.82) is 0 Å². The lowest BCUT2D eigenvalue weighted by atomic mass is 10.0. The molecule has 6 nitrogen and oxygen atoms in total. The molecule has 2 aromatic rings. The van der Waals surface area contributed by atoms with E-state index in [1.54, 1.807) is 6.07 Å². The first-order valence-corrected chi connectivity index (χ1v) is 9.47. The highest BCUT2D eigenvalue weighted by molar-refractivity contribution is 7.98. The van der Waals surface area contributed by atoms with Gasteiger partial charge < -0.3 is 19.6 Å². The van der Waals surface area contributed by atoms with Crippen molar-refractivity contribution in [3.63, 3.8) is 0 Å². The van der Waals surface area contributed by atoms with E-state index in [9.17, 15) is 9.59 Å². The van der Waals surface area contributed by atoms with Gasteiger partial charge in [0.05, 0.1) is 23.7 Å². The molecule has 1 aromatic carbocycles. The normalized spacial score (nSPS) is 19.9. The van der Waals surface area contributed by atoms with Crippen molar-refractivity contribution in [3.8, 4) is 0 Å². The summed E-state index contributed by atoms with van der Waals surface area (Å²) < 4.78 is 10.8. The first-order chi connectivity index (χ1) is 12.5. The third kappa shape index (κ3) is 4.47. The lowest BCUT2D eigenvalue weighted by molar-refractivity contribution is 0.0136. The number of furan rings is 1. The van der Waals surface area contributed by atoms with Crippen molar-refractivity contribution in [2.75, 3.05) is 6.61 Å². The van der Waals surface area contributed by atoms with Gasteiger partial charge in [0.2, 0.25) is 0 Å². The first-order valence-electron chi connectivity index (χ1n) is 8.48. The number of carboxylic acid groups (broad SMARTS) is 1. The minimum Gasteiger partial charge on any atom is -0.478 e. The summed E-state index contributed by atoms with van der Waals surface area (Å²) in [6.07, 6.45) is 3.12. The van der Waals surface area contributed by atoms with Crippen LogP contribution in [0.15, 0.2) is 45.9 Å². The number of carboxylic acids is 1. The largest absolute Gasteiger partial charge is 0.478 e. The van der Waals surface area contributed by atoms with Crippen molar-refractivity contribution in [1.82, 2.24) is 5.32 Å². The van der Waals surface area contributed by atoms with E-state index in [1.165, 1.54) is 24.1 Å². The van der Waals surface area contributed by atoms with Crippen LogP contribution >= 0.6 is 11.8 Å². The Bertz CT molecular complexity index is 788. The molecule has 0 spiro atoms. The molecule has 0 saturated carbocycles. The van der Waals surface area contributed by atoms with Crippen molar-refractivity contribution < 1.29 is 23.8 Å². The zero-order valence-corrected chi connectivity index (χ0v) is 15.3. The molecule has 26 heavy (non-hydrogen) atoms. The summed E-state index contributed by atoms with van der Waals surface area (Å²) in [7, 11) is 0. The third-order valence-corrected chi connectivity index (χ3v) is 5.36. The predicted molar refractivity (Wildman–Crippen MR) is 97.6 cm³/mol. The molecule has 0 aliphatic carbocycles. The van der Waals surface area contributed by atoms with E-state index in [0.717, 1.165) is 17.7 Å². The molecule has 0 bridgehead atoms. The van der Waals surface area contributed by atoms with Crippen LogP contribution in [0.5, 0.6) is 0 Å². The Balaban J connectivity index is 1.68. The number of benzene rings is 1. The van der Waals surface area contributed by atoms with E-state index in [1.807, 2.05) is 25.1 Å². The molecule has 7 heteroatoms. The van der Waals surface area contributed by atoms with Gasteiger partial charge in [0.1, 0.15) is 11.3 Å². The molecule has 2 atom stereocenters. The Kier molecular flexibility index (Phi) is 6.00. The molecule has 1 saturated heterocycles. The zero-order valence-electron chi connectivity index (χ0n) is 14.4. The van der Waals surface area contributed by atoms with Gasteiger partial charge in [-0.2, -0.15) is 0 Å². The maximum Gasteiger partial charge on any atom is 0.339 e. The summed E-state index contributed by atoms with van der Waals surface area (Å²) in [6.45, 7) is 2.66. The monoisotopic (exact) mass is 375 g/mol. The smallest absolute Gasteiger partial charge is 0.339 e. The van der Waals surface area contributed by atoms with Crippen LogP contribution in [0.2, 0.25) is 0 Å². The Morgan fingerprint density at radius 3 is 2.85 bits per heavy atom. The topological polar surface area (TPSA) is 88.8 Å². The van der Waals surface area contributed by atoms with E-state index in [-0.39, 0.29) is 23.6 Å². The van der Waals surface area contributed by atoms with Gasteiger partial charge in [-0.3, -0.25) is 4.79 Å². The number of thioether (sulfide) groups is 1. The third-order valence-electron chi connectivity index (χ3n) is 4.29. The number of hydrogen-bond acceptors (Lipinski definition) is 5. The maximum atomic E-state index is 12.7. The molecule has 1 fully saturated rings. The zero-order chi connectivity index (χ0) is 18.5. The molecular weight excluding hydrogens is 354 g/mol. The Morgan fingerprint density at radius 2 is 2.08 bits per heavy atom. The first kappa shape index (κ1) is 18.5. The Hall–Kier alpha value is -2.25. The highest BCUT2D eigenvalue weighted by atomic mass is 32.2. The highest BCUT2D eigenvalue weighted by Gasteiger charge is 2.22. The summed E-state index contributed by atoms with van der Waals surface area (Å²) in [4.78, 5) is 24.7. The van der Waals surface area contributed by atoms with Crippen molar-refractivity contribution >= 4 is 23.6 Å². The second kappa shape index (κ2) is 8.42. The van der Waals surface area contributed by atoms with Gasteiger partial charge in [0.25, 0.3) is 5.91 Å². The number of amides is 1. The van der Waals surface area contributed by atoms with Gasteiger partial charge in [-0.15, -0.1) is 11.8 Å². The summed E-state index contributed by atoms with van der Waals surface area (Å²) >= 11 is 1.38. The van der Waals surface area contributed by atoms with E-state index < -0.39 is 5.97 Å². The molecule has 1 aromatic heterocycles. The molecule has 1 aliphatic heterocycles. The molecule has 1 amide bonds. The van der Waals surface area contributed by atoms with Crippen LogP contribution in [-0.2, 0) is 10.5 Å². The summed E-state index contributed by atoms with van der Waals surface area (Å²) in [5, 5.41) is 12.2. The van der Waals surface area contributed by atoms with Crippen molar-refractivity contribution in [3.05, 3.63) is 53.5 Å². The average Bonchev–Trinajstić information content (AvgIpc) is 3.09. The van der Waals surface area contributed by atoms with Gasteiger partial charge in [-0.25, -0.2) is 4.79 Å². The van der Waals surface area contributed by atoms with Crippen molar-refractivity contribution in [2.45, 2.75) is 42.6 Å². The van der Waals surface area contributed by atoms with Gasteiger partial charge >= 0.3 is 5.97 Å². The fourth-order valence-corrected chi connectivity index (χ4v) is 3.96. The van der Waals surface area contributed by atoms with Crippen LogP contribution in [-0.4, -0.2) is 35.7 Å². The lowest BCUT2D eigenvalue weighted by Gasteiger charge is -2.28. The molecule has 1 aliphatic rings. The average molecular weight is 375 g/mol. The van der Waals surface area contributed by atoms with Gasteiger partial charge in [-0.05, 0) is 38.0 Å². The Labute approximate surface area is 155 Å². The van der Waals surface area contributed by atoms with Gasteiger partial charge in [0, 0.05) is 17.5 Å². The number of nitrogens with one attached hydrogen (secondary N) is 1. The van der Waals surface area contributed by atoms with Gasteiger partial charge in [-0.1, -0.05) is 12.1 Å². The van der Waals surface area contributed by atoms with Crippen LogP contribution in [0.3, 0.4) is 0 Å². The van der Waals surface area contributed by atoms with Crippen LogP contribution in [0.25, 0.3) is 0 Å². The number of carbonyl (C=O) groups excluding carboxylic acids is 1. The molecule has 138 valence electrons. The van der Waals surface area contributed by atoms with Crippen LogP contribution in [0, 0.1) is 0 Å². The molecule has 2 unspecified atom stereocenters. The lowest BCUT2D eigenvalue weighted by Crippen LogP contribution is -2.41. The number of rotatable bonds is 6. The van der Waals surface area contributed by atoms with Crippen LogP contribution in [0.4, 0.5) is 0 Å². The summed E-state index contributed by atoms with van der Waals surface area (Å²) in [6, 6.07) is 8.85. The number of ether oxygens (including phenoxy) is 1. The molecule has 2 heterocycles.